The number of benzene rings is 1. The average molecular weight is 285 g/mol. The van der Waals surface area contributed by atoms with Gasteiger partial charge in [-0.15, -0.1) is 0 Å². The highest BCUT2D eigenvalue weighted by molar-refractivity contribution is 5.91. The fraction of sp³-hybridized carbons (Fsp3) is 0.154. The largest absolute Gasteiger partial charge is 0.477 e. The Morgan fingerprint density at radius 1 is 1.35 bits per heavy atom. The van der Waals surface area contributed by atoms with Gasteiger partial charge in [-0.25, -0.2) is 4.79 Å². The maximum Gasteiger partial charge on any atom is 0.422 e. The molecule has 0 unspecified atom stereocenters. The van der Waals surface area contributed by atoms with Crippen LogP contribution < -0.4 is 0 Å². The number of halogens is 3. The zero-order valence-corrected chi connectivity index (χ0v) is 10.1. The molecule has 0 saturated carbocycles. The van der Waals surface area contributed by atoms with E-state index in [2.05, 4.69) is 9.72 Å². The Labute approximate surface area is 111 Å². The SMILES string of the molecule is O=C(O)/C(=C/c1ccc2[nH]ccc2c1)OCC(F)(F)F. The summed E-state index contributed by atoms with van der Waals surface area (Å²) in [5.74, 6) is -2.30. The molecule has 0 aliphatic rings. The van der Waals surface area contributed by atoms with Crippen LogP contribution in [0.5, 0.6) is 0 Å². The molecule has 0 bridgehead atoms. The fourth-order valence-corrected chi connectivity index (χ4v) is 1.64. The van der Waals surface area contributed by atoms with Crippen molar-refractivity contribution in [3.63, 3.8) is 0 Å². The zero-order valence-electron chi connectivity index (χ0n) is 10.1. The summed E-state index contributed by atoms with van der Waals surface area (Å²) in [5.41, 5.74) is 1.28. The predicted molar refractivity (Wildman–Crippen MR) is 65.9 cm³/mol. The number of carbonyl (C=O) groups is 1. The summed E-state index contributed by atoms with van der Waals surface area (Å²) in [6, 6.07) is 6.69. The molecule has 4 nitrogen and oxygen atoms in total. The van der Waals surface area contributed by atoms with Crippen molar-refractivity contribution >= 4 is 22.9 Å². The normalized spacial score (nSPS) is 12.7. The Balaban J connectivity index is 2.25. The number of ether oxygens (including phenoxy) is 1. The molecule has 1 aromatic carbocycles. The molecule has 7 heteroatoms. The summed E-state index contributed by atoms with van der Waals surface area (Å²) >= 11 is 0. The first-order valence-electron chi connectivity index (χ1n) is 5.57. The van der Waals surface area contributed by atoms with Gasteiger partial charge in [0.25, 0.3) is 0 Å². The Hall–Kier alpha value is -2.44. The van der Waals surface area contributed by atoms with E-state index < -0.39 is 24.5 Å². The quantitative estimate of drug-likeness (QED) is 0.670. The molecule has 20 heavy (non-hydrogen) atoms. The molecule has 1 heterocycles. The van der Waals surface area contributed by atoms with Gasteiger partial charge in [-0.1, -0.05) is 6.07 Å². The third-order valence-electron chi connectivity index (χ3n) is 2.48. The monoisotopic (exact) mass is 285 g/mol. The molecule has 0 aliphatic heterocycles. The smallest absolute Gasteiger partial charge is 0.422 e. The Morgan fingerprint density at radius 3 is 2.75 bits per heavy atom. The van der Waals surface area contributed by atoms with E-state index in [4.69, 9.17) is 5.11 Å². The second kappa shape index (κ2) is 5.28. The van der Waals surface area contributed by atoms with Crippen LogP contribution in [-0.4, -0.2) is 28.8 Å². The van der Waals surface area contributed by atoms with Gasteiger partial charge in [0.1, 0.15) is 0 Å². The molecule has 0 radical (unpaired) electrons. The molecule has 0 amide bonds. The Bertz CT molecular complexity index is 658. The van der Waals surface area contributed by atoms with Crippen LogP contribution in [0, 0.1) is 0 Å². The number of fused-ring (bicyclic) bond motifs is 1. The van der Waals surface area contributed by atoms with Gasteiger partial charge in [0, 0.05) is 11.7 Å². The molecule has 2 aromatic rings. The highest BCUT2D eigenvalue weighted by atomic mass is 19.4. The molecule has 2 rings (SSSR count). The zero-order chi connectivity index (χ0) is 14.8. The predicted octanol–water partition coefficient (Wildman–Crippen LogP) is 3.17. The second-order valence-corrected chi connectivity index (χ2v) is 4.04. The number of H-pyrrole nitrogens is 1. The first-order valence-corrected chi connectivity index (χ1v) is 5.57. The van der Waals surface area contributed by atoms with Gasteiger partial charge in [0.15, 0.2) is 6.61 Å². The number of aliphatic carboxylic acids is 1. The summed E-state index contributed by atoms with van der Waals surface area (Å²) in [6.07, 6.45) is -1.82. The molecule has 0 fully saturated rings. The van der Waals surface area contributed by atoms with Crippen molar-refractivity contribution in [3.05, 3.63) is 41.8 Å². The van der Waals surface area contributed by atoms with Gasteiger partial charge in [-0.05, 0) is 35.2 Å². The maximum atomic E-state index is 12.0. The number of nitrogens with one attached hydrogen (secondary N) is 1. The highest BCUT2D eigenvalue weighted by Gasteiger charge is 2.29. The Morgan fingerprint density at radius 2 is 2.10 bits per heavy atom. The van der Waals surface area contributed by atoms with Crippen LogP contribution in [-0.2, 0) is 9.53 Å². The highest BCUT2D eigenvalue weighted by Crippen LogP contribution is 2.20. The minimum absolute atomic E-state index is 0.441. The summed E-state index contributed by atoms with van der Waals surface area (Å²) in [7, 11) is 0. The maximum absolute atomic E-state index is 12.0. The molecule has 0 saturated heterocycles. The van der Waals surface area contributed by atoms with Gasteiger partial charge in [0.05, 0.1) is 0 Å². The van der Waals surface area contributed by atoms with E-state index in [9.17, 15) is 18.0 Å². The van der Waals surface area contributed by atoms with E-state index in [0.717, 1.165) is 17.0 Å². The number of hydrogen-bond donors (Lipinski definition) is 2. The third-order valence-corrected chi connectivity index (χ3v) is 2.48. The first-order chi connectivity index (χ1) is 9.35. The van der Waals surface area contributed by atoms with Gasteiger partial charge >= 0.3 is 12.1 Å². The van der Waals surface area contributed by atoms with Crippen molar-refractivity contribution in [2.45, 2.75) is 6.18 Å². The second-order valence-electron chi connectivity index (χ2n) is 4.04. The van der Waals surface area contributed by atoms with Gasteiger partial charge in [-0.2, -0.15) is 13.2 Å². The van der Waals surface area contributed by atoms with Gasteiger partial charge in [0.2, 0.25) is 5.76 Å². The van der Waals surface area contributed by atoms with Crippen molar-refractivity contribution in [1.82, 2.24) is 4.98 Å². The number of aromatic nitrogens is 1. The van der Waals surface area contributed by atoms with E-state index in [0.29, 0.717) is 5.56 Å². The number of carboxylic acids is 1. The summed E-state index contributed by atoms with van der Waals surface area (Å²) in [6.45, 7) is -1.64. The molecule has 0 spiro atoms. The molecular weight excluding hydrogens is 275 g/mol. The van der Waals surface area contributed by atoms with E-state index in [-0.39, 0.29) is 0 Å². The van der Waals surface area contributed by atoms with Crippen LogP contribution in [0.2, 0.25) is 0 Å². The fourth-order valence-electron chi connectivity index (χ4n) is 1.64. The molecule has 1 aromatic heterocycles. The minimum Gasteiger partial charge on any atom is -0.477 e. The molecule has 0 aliphatic carbocycles. The molecule has 106 valence electrons. The van der Waals surface area contributed by atoms with E-state index in [1.807, 2.05) is 0 Å². The van der Waals surface area contributed by atoms with Gasteiger partial charge in [-0.3, -0.25) is 0 Å². The number of carboxylic acid groups (broad SMARTS) is 1. The summed E-state index contributed by atoms with van der Waals surface area (Å²) in [4.78, 5) is 13.8. The number of aromatic amines is 1. The number of hydrogen-bond acceptors (Lipinski definition) is 2. The van der Waals surface area contributed by atoms with Gasteiger partial charge < -0.3 is 14.8 Å². The lowest BCUT2D eigenvalue weighted by Crippen LogP contribution is -2.19. The molecule has 2 N–H and O–H groups in total. The van der Waals surface area contributed by atoms with E-state index >= 15 is 0 Å². The standard InChI is InChI=1S/C13H10F3NO3/c14-13(15,16)7-20-11(12(18)19)6-8-1-2-10-9(5-8)3-4-17-10/h1-6,17H,7H2,(H,18,19)/b11-6-. The van der Waals surface area contributed by atoms with E-state index in [1.54, 1.807) is 30.5 Å². The summed E-state index contributed by atoms with van der Waals surface area (Å²) < 4.78 is 40.4. The lowest BCUT2D eigenvalue weighted by molar-refractivity contribution is -0.169. The minimum atomic E-state index is -4.58. The Kier molecular flexibility index (Phi) is 3.69. The van der Waals surface area contributed by atoms with Crippen molar-refractivity contribution in [2.75, 3.05) is 6.61 Å². The molecular formula is C13H10F3NO3. The van der Waals surface area contributed by atoms with Crippen LogP contribution in [0.3, 0.4) is 0 Å². The molecule has 0 atom stereocenters. The van der Waals surface area contributed by atoms with E-state index in [1.165, 1.54) is 0 Å². The topological polar surface area (TPSA) is 62.3 Å². The first kappa shape index (κ1) is 14.0. The lowest BCUT2D eigenvalue weighted by atomic mass is 10.1. The van der Waals surface area contributed by atoms with Crippen LogP contribution in [0.15, 0.2) is 36.2 Å². The third kappa shape index (κ3) is 3.53. The van der Waals surface area contributed by atoms with Crippen LogP contribution in [0.4, 0.5) is 13.2 Å². The number of alkyl halides is 3. The van der Waals surface area contributed by atoms with Crippen molar-refractivity contribution in [2.24, 2.45) is 0 Å². The van der Waals surface area contributed by atoms with Crippen molar-refractivity contribution in [3.8, 4) is 0 Å². The van der Waals surface area contributed by atoms with Crippen LogP contribution >= 0.6 is 0 Å². The van der Waals surface area contributed by atoms with Crippen molar-refractivity contribution in [1.29, 1.82) is 0 Å². The van der Waals surface area contributed by atoms with Crippen molar-refractivity contribution < 1.29 is 27.8 Å². The lowest BCUT2D eigenvalue weighted by Gasteiger charge is -2.09. The summed E-state index contributed by atoms with van der Waals surface area (Å²) in [5, 5.41) is 9.66. The van der Waals surface area contributed by atoms with Crippen LogP contribution in [0.1, 0.15) is 5.56 Å². The average Bonchev–Trinajstić information content (AvgIpc) is 2.80. The van der Waals surface area contributed by atoms with Crippen LogP contribution in [0.25, 0.3) is 17.0 Å². The number of rotatable bonds is 4.